The summed E-state index contributed by atoms with van der Waals surface area (Å²) >= 11 is 1.65. The second kappa shape index (κ2) is 7.42. The normalized spacial score (nSPS) is 17.9. The van der Waals surface area contributed by atoms with Gasteiger partial charge in [0, 0.05) is 12.2 Å². The quantitative estimate of drug-likeness (QED) is 0.642. The number of aromatic nitrogens is 3. The van der Waals surface area contributed by atoms with Gasteiger partial charge in [0.15, 0.2) is 11.0 Å². The van der Waals surface area contributed by atoms with Gasteiger partial charge in [-0.3, -0.25) is 9.47 Å². The first-order valence-corrected chi connectivity index (χ1v) is 9.92. The molecule has 4 nitrogen and oxygen atoms in total. The summed E-state index contributed by atoms with van der Waals surface area (Å²) < 4.78 is 2.22. The minimum Gasteiger partial charge on any atom is -0.289 e. The number of likely N-dealkylation sites (tertiary alicyclic amines) is 1. The van der Waals surface area contributed by atoms with Crippen LogP contribution in [0.1, 0.15) is 30.3 Å². The van der Waals surface area contributed by atoms with Crippen molar-refractivity contribution in [3.8, 4) is 5.69 Å². The van der Waals surface area contributed by atoms with E-state index in [0.29, 0.717) is 6.04 Å². The first kappa shape index (κ1) is 16.4. The number of hydrogen-bond acceptors (Lipinski definition) is 4. The lowest BCUT2D eigenvalue weighted by Crippen LogP contribution is -2.25. The van der Waals surface area contributed by atoms with Crippen LogP contribution in [0.5, 0.6) is 0 Å². The summed E-state index contributed by atoms with van der Waals surface area (Å²) in [4.78, 5) is 2.53. The van der Waals surface area contributed by atoms with Crippen LogP contribution in [0.2, 0.25) is 0 Å². The van der Waals surface area contributed by atoms with Gasteiger partial charge in [-0.05, 0) is 43.3 Å². The lowest BCUT2D eigenvalue weighted by atomic mass is 10.1. The summed E-state index contributed by atoms with van der Waals surface area (Å²) in [6.45, 7) is 2.07. The molecule has 0 spiro atoms. The molecule has 1 fully saturated rings. The Hall–Kier alpha value is -2.11. The van der Waals surface area contributed by atoms with Gasteiger partial charge in [-0.2, -0.15) is 0 Å². The van der Waals surface area contributed by atoms with Crippen molar-refractivity contribution in [3.05, 3.63) is 72.1 Å². The SMILES string of the molecule is CSc1nnc([C@@H]2CCCN2Cc2ccccc2)n1-c1ccccc1. The minimum absolute atomic E-state index is 0.314. The van der Waals surface area contributed by atoms with Crippen LogP contribution in [-0.2, 0) is 6.54 Å². The van der Waals surface area contributed by atoms with Crippen LogP contribution < -0.4 is 0 Å². The van der Waals surface area contributed by atoms with Crippen LogP contribution in [-0.4, -0.2) is 32.5 Å². The molecule has 1 atom stereocenters. The molecular weight excluding hydrogens is 328 g/mol. The average Bonchev–Trinajstić information content (AvgIpc) is 3.29. The van der Waals surface area contributed by atoms with E-state index in [0.717, 1.165) is 36.2 Å². The summed E-state index contributed by atoms with van der Waals surface area (Å²) in [7, 11) is 0. The van der Waals surface area contributed by atoms with Crippen molar-refractivity contribution in [3.63, 3.8) is 0 Å². The number of para-hydroxylation sites is 1. The van der Waals surface area contributed by atoms with Crippen LogP contribution in [0.4, 0.5) is 0 Å². The topological polar surface area (TPSA) is 34.0 Å². The Morgan fingerprint density at radius 1 is 1.00 bits per heavy atom. The summed E-state index contributed by atoms with van der Waals surface area (Å²) in [5.41, 5.74) is 2.49. The molecule has 1 saturated heterocycles. The van der Waals surface area contributed by atoms with E-state index in [1.54, 1.807) is 11.8 Å². The number of nitrogens with zero attached hydrogens (tertiary/aromatic N) is 4. The predicted octanol–water partition coefficient (Wildman–Crippen LogP) is 4.33. The van der Waals surface area contributed by atoms with E-state index in [-0.39, 0.29) is 0 Å². The van der Waals surface area contributed by atoms with Crippen LogP contribution in [0, 0.1) is 0 Å². The highest BCUT2D eigenvalue weighted by Gasteiger charge is 2.31. The van der Waals surface area contributed by atoms with Crippen LogP contribution in [0.15, 0.2) is 65.8 Å². The Balaban J connectivity index is 1.68. The molecule has 2 aromatic carbocycles. The van der Waals surface area contributed by atoms with Crippen molar-refractivity contribution < 1.29 is 0 Å². The fraction of sp³-hybridized carbons (Fsp3) is 0.300. The van der Waals surface area contributed by atoms with Gasteiger partial charge in [0.1, 0.15) is 0 Å². The van der Waals surface area contributed by atoms with Crippen LogP contribution >= 0.6 is 11.8 Å². The van der Waals surface area contributed by atoms with Gasteiger partial charge in [-0.1, -0.05) is 60.3 Å². The van der Waals surface area contributed by atoms with Crippen molar-refractivity contribution in [2.45, 2.75) is 30.6 Å². The van der Waals surface area contributed by atoms with Crippen molar-refractivity contribution in [1.82, 2.24) is 19.7 Å². The van der Waals surface area contributed by atoms with E-state index >= 15 is 0 Å². The van der Waals surface area contributed by atoms with Crippen molar-refractivity contribution >= 4 is 11.8 Å². The van der Waals surface area contributed by atoms with Crippen molar-refractivity contribution in [2.24, 2.45) is 0 Å². The third-order valence-electron chi connectivity index (χ3n) is 4.75. The molecule has 128 valence electrons. The van der Waals surface area contributed by atoms with Gasteiger partial charge in [-0.15, -0.1) is 10.2 Å². The lowest BCUT2D eigenvalue weighted by Gasteiger charge is -2.24. The summed E-state index contributed by atoms with van der Waals surface area (Å²) in [6, 6.07) is 21.4. The van der Waals surface area contributed by atoms with Crippen LogP contribution in [0.25, 0.3) is 5.69 Å². The molecule has 0 unspecified atom stereocenters. The third-order valence-corrected chi connectivity index (χ3v) is 5.37. The van der Waals surface area contributed by atoms with E-state index in [9.17, 15) is 0 Å². The molecule has 0 N–H and O–H groups in total. The number of benzene rings is 2. The lowest BCUT2D eigenvalue weighted by molar-refractivity contribution is 0.237. The van der Waals surface area contributed by atoms with Crippen LogP contribution in [0.3, 0.4) is 0 Å². The molecular formula is C20H22N4S. The highest BCUT2D eigenvalue weighted by atomic mass is 32.2. The molecule has 2 heterocycles. The molecule has 4 rings (SSSR count). The zero-order chi connectivity index (χ0) is 17.1. The first-order chi connectivity index (χ1) is 12.4. The van der Waals surface area contributed by atoms with E-state index in [4.69, 9.17) is 0 Å². The summed E-state index contributed by atoms with van der Waals surface area (Å²) in [5, 5.41) is 9.99. The van der Waals surface area contributed by atoms with E-state index in [1.165, 1.54) is 12.0 Å². The zero-order valence-electron chi connectivity index (χ0n) is 14.4. The average molecular weight is 350 g/mol. The minimum atomic E-state index is 0.314. The van der Waals surface area contributed by atoms with Gasteiger partial charge >= 0.3 is 0 Å². The summed E-state index contributed by atoms with van der Waals surface area (Å²) in [5.74, 6) is 1.06. The van der Waals surface area contributed by atoms with E-state index in [1.807, 2.05) is 6.07 Å². The highest BCUT2D eigenvalue weighted by Crippen LogP contribution is 2.35. The number of hydrogen-bond donors (Lipinski definition) is 0. The van der Waals surface area contributed by atoms with Gasteiger partial charge in [0.05, 0.1) is 6.04 Å². The second-order valence-electron chi connectivity index (χ2n) is 6.33. The Labute approximate surface area is 152 Å². The maximum atomic E-state index is 4.59. The van der Waals surface area contributed by atoms with E-state index in [2.05, 4.69) is 80.5 Å². The molecule has 0 radical (unpaired) electrons. The second-order valence-corrected chi connectivity index (χ2v) is 7.10. The molecule has 0 aliphatic carbocycles. The van der Waals surface area contributed by atoms with Gasteiger partial charge in [0.2, 0.25) is 0 Å². The molecule has 5 heteroatoms. The molecule has 25 heavy (non-hydrogen) atoms. The molecule has 0 amide bonds. The third kappa shape index (κ3) is 3.34. The van der Waals surface area contributed by atoms with Gasteiger partial charge in [-0.25, -0.2) is 0 Å². The smallest absolute Gasteiger partial charge is 0.195 e. The molecule has 1 aromatic heterocycles. The Morgan fingerprint density at radius 2 is 1.72 bits per heavy atom. The highest BCUT2D eigenvalue weighted by molar-refractivity contribution is 7.98. The molecule has 0 bridgehead atoms. The van der Waals surface area contributed by atoms with Gasteiger partial charge in [0.25, 0.3) is 0 Å². The maximum Gasteiger partial charge on any atom is 0.195 e. The molecule has 0 saturated carbocycles. The Bertz CT molecular complexity index is 816. The fourth-order valence-corrected chi connectivity index (χ4v) is 4.08. The molecule has 3 aromatic rings. The Kier molecular flexibility index (Phi) is 4.85. The van der Waals surface area contributed by atoms with Gasteiger partial charge < -0.3 is 0 Å². The first-order valence-electron chi connectivity index (χ1n) is 8.69. The molecule has 1 aliphatic rings. The molecule has 1 aliphatic heterocycles. The van der Waals surface area contributed by atoms with Crippen molar-refractivity contribution in [1.29, 1.82) is 0 Å². The fourth-order valence-electron chi connectivity index (χ4n) is 3.57. The van der Waals surface area contributed by atoms with E-state index < -0.39 is 0 Å². The Morgan fingerprint density at radius 3 is 2.44 bits per heavy atom. The predicted molar refractivity (Wildman–Crippen MR) is 102 cm³/mol. The number of rotatable bonds is 5. The largest absolute Gasteiger partial charge is 0.289 e. The monoisotopic (exact) mass is 350 g/mol. The maximum absolute atomic E-state index is 4.59. The van der Waals surface area contributed by atoms with Crippen molar-refractivity contribution in [2.75, 3.05) is 12.8 Å². The number of thioether (sulfide) groups is 1. The standard InChI is InChI=1S/C20H22N4S/c1-25-20-22-21-19(24(20)17-11-6-3-7-12-17)18-13-8-14-23(18)15-16-9-4-2-5-10-16/h2-7,9-12,18H,8,13-15H2,1H3/t18-/m0/s1. The summed E-state index contributed by atoms with van der Waals surface area (Å²) in [6.07, 6.45) is 4.39. The zero-order valence-corrected chi connectivity index (χ0v) is 15.2.